The molecule has 138 valence electrons. The van der Waals surface area contributed by atoms with Crippen LogP contribution < -0.4 is 4.74 Å². The molecule has 2 atom stereocenters. The van der Waals surface area contributed by atoms with Crippen molar-refractivity contribution in [1.29, 1.82) is 0 Å². The Hall–Kier alpha value is -2.58. The lowest BCUT2D eigenvalue weighted by atomic mass is 9.87. The molecule has 0 aliphatic carbocycles. The Kier molecular flexibility index (Phi) is 5.26. The molecule has 0 fully saturated rings. The molecule has 2 nitrogen and oxygen atoms in total. The van der Waals surface area contributed by atoms with Gasteiger partial charge in [-0.05, 0) is 54.2 Å². The average Bonchev–Trinajstić information content (AvgIpc) is 2.74. The second kappa shape index (κ2) is 7.98. The van der Waals surface area contributed by atoms with Crippen LogP contribution in [0.4, 0.5) is 0 Å². The third-order valence-electron chi connectivity index (χ3n) is 5.80. The normalized spacial score (nSPS) is 17.9. The van der Waals surface area contributed by atoms with E-state index in [1.165, 1.54) is 22.3 Å². The van der Waals surface area contributed by atoms with E-state index < -0.39 is 0 Å². The molecule has 1 aliphatic rings. The van der Waals surface area contributed by atoms with Crippen LogP contribution in [0, 0.1) is 0 Å². The van der Waals surface area contributed by atoms with Crippen LogP contribution in [0.3, 0.4) is 0 Å². The van der Waals surface area contributed by atoms with E-state index in [0.717, 1.165) is 25.1 Å². The van der Waals surface area contributed by atoms with Crippen LogP contribution in [0.15, 0.2) is 78.9 Å². The number of hydrogen-bond donors (Lipinski definition) is 0. The van der Waals surface area contributed by atoms with Crippen molar-refractivity contribution in [1.82, 2.24) is 4.90 Å². The molecule has 27 heavy (non-hydrogen) atoms. The second-order valence-corrected chi connectivity index (χ2v) is 7.34. The van der Waals surface area contributed by atoms with E-state index in [1.54, 1.807) is 7.11 Å². The molecule has 2 heteroatoms. The predicted octanol–water partition coefficient (Wildman–Crippen LogP) is 5.60. The van der Waals surface area contributed by atoms with Gasteiger partial charge in [0, 0.05) is 18.6 Å². The Bertz CT molecular complexity index is 890. The first kappa shape index (κ1) is 17.8. The maximum atomic E-state index is 5.44. The predicted molar refractivity (Wildman–Crippen MR) is 111 cm³/mol. The number of fused-ring (bicyclic) bond motifs is 1. The summed E-state index contributed by atoms with van der Waals surface area (Å²) in [6.07, 6.45) is 2.10. The molecule has 0 aromatic heterocycles. The monoisotopic (exact) mass is 357 g/mol. The van der Waals surface area contributed by atoms with Gasteiger partial charge in [0.2, 0.25) is 0 Å². The smallest absolute Gasteiger partial charge is 0.119 e. The first-order valence-electron chi connectivity index (χ1n) is 9.77. The van der Waals surface area contributed by atoms with Crippen LogP contribution in [0.1, 0.15) is 41.3 Å². The SMILES string of the molecule is COc1cccc(C[C@H]2c3ccccc3CCN2[C@@H](C)c2ccccc2)c1. The topological polar surface area (TPSA) is 12.5 Å². The van der Waals surface area contributed by atoms with Gasteiger partial charge in [-0.3, -0.25) is 4.90 Å². The van der Waals surface area contributed by atoms with E-state index in [-0.39, 0.29) is 0 Å². The van der Waals surface area contributed by atoms with Gasteiger partial charge in [0.15, 0.2) is 0 Å². The molecule has 3 aromatic carbocycles. The van der Waals surface area contributed by atoms with Crippen molar-refractivity contribution in [3.63, 3.8) is 0 Å². The number of benzene rings is 3. The van der Waals surface area contributed by atoms with E-state index in [1.807, 2.05) is 6.07 Å². The van der Waals surface area contributed by atoms with Crippen LogP contribution >= 0.6 is 0 Å². The van der Waals surface area contributed by atoms with Gasteiger partial charge < -0.3 is 4.74 Å². The minimum absolute atomic E-state index is 0.372. The van der Waals surface area contributed by atoms with Crippen molar-refractivity contribution in [2.75, 3.05) is 13.7 Å². The summed E-state index contributed by atoms with van der Waals surface area (Å²) in [5.74, 6) is 0.930. The molecule has 0 unspecified atom stereocenters. The van der Waals surface area contributed by atoms with Crippen LogP contribution in [-0.4, -0.2) is 18.6 Å². The molecule has 0 amide bonds. The van der Waals surface area contributed by atoms with E-state index in [2.05, 4.69) is 84.6 Å². The fraction of sp³-hybridized carbons (Fsp3) is 0.280. The van der Waals surface area contributed by atoms with Crippen molar-refractivity contribution in [2.45, 2.75) is 31.8 Å². The van der Waals surface area contributed by atoms with Crippen LogP contribution in [0.5, 0.6) is 5.75 Å². The minimum atomic E-state index is 0.372. The standard InChI is InChI=1S/C25H27NO/c1-19(21-10-4-3-5-11-21)26-16-15-22-12-6-7-14-24(22)25(26)18-20-9-8-13-23(17-20)27-2/h3-14,17,19,25H,15-16,18H2,1-2H3/t19-,25-/m0/s1. The van der Waals surface area contributed by atoms with E-state index in [9.17, 15) is 0 Å². The Morgan fingerprint density at radius 3 is 2.56 bits per heavy atom. The number of ether oxygens (including phenoxy) is 1. The van der Waals surface area contributed by atoms with Gasteiger partial charge in [-0.25, -0.2) is 0 Å². The van der Waals surface area contributed by atoms with Gasteiger partial charge >= 0.3 is 0 Å². The molecule has 0 N–H and O–H groups in total. The molecule has 0 saturated heterocycles. The largest absolute Gasteiger partial charge is 0.497 e. The lowest BCUT2D eigenvalue weighted by Gasteiger charge is -2.41. The summed E-state index contributed by atoms with van der Waals surface area (Å²) in [4.78, 5) is 2.66. The highest BCUT2D eigenvalue weighted by molar-refractivity contribution is 5.36. The number of rotatable bonds is 5. The first-order valence-corrected chi connectivity index (χ1v) is 9.77. The Labute approximate surface area is 162 Å². The van der Waals surface area contributed by atoms with Gasteiger partial charge in [-0.2, -0.15) is 0 Å². The molecule has 0 spiro atoms. The fourth-order valence-electron chi connectivity index (χ4n) is 4.31. The number of hydrogen-bond acceptors (Lipinski definition) is 2. The molecule has 1 aliphatic heterocycles. The molecule has 3 aromatic rings. The summed E-state index contributed by atoms with van der Waals surface area (Å²) in [7, 11) is 1.73. The fourth-order valence-corrected chi connectivity index (χ4v) is 4.31. The maximum absolute atomic E-state index is 5.44. The highest BCUT2D eigenvalue weighted by Gasteiger charge is 2.31. The van der Waals surface area contributed by atoms with E-state index in [4.69, 9.17) is 4.74 Å². The Morgan fingerprint density at radius 2 is 1.74 bits per heavy atom. The third kappa shape index (κ3) is 3.77. The van der Waals surface area contributed by atoms with Crippen molar-refractivity contribution in [3.05, 3.63) is 101 Å². The van der Waals surface area contributed by atoms with Gasteiger partial charge in [0.25, 0.3) is 0 Å². The zero-order chi connectivity index (χ0) is 18.6. The lowest BCUT2D eigenvalue weighted by Crippen LogP contribution is -2.38. The van der Waals surface area contributed by atoms with E-state index >= 15 is 0 Å². The molecule has 0 radical (unpaired) electrons. The van der Waals surface area contributed by atoms with Crippen molar-refractivity contribution < 1.29 is 4.74 Å². The van der Waals surface area contributed by atoms with Gasteiger partial charge in [-0.1, -0.05) is 66.7 Å². The number of nitrogens with zero attached hydrogens (tertiary/aromatic N) is 1. The number of methoxy groups -OCH3 is 1. The quantitative estimate of drug-likeness (QED) is 0.589. The van der Waals surface area contributed by atoms with Crippen molar-refractivity contribution >= 4 is 0 Å². The van der Waals surface area contributed by atoms with Crippen LogP contribution in [-0.2, 0) is 12.8 Å². The molecule has 0 saturated carbocycles. The molecular formula is C25H27NO. The zero-order valence-corrected chi connectivity index (χ0v) is 16.1. The summed E-state index contributed by atoms with van der Waals surface area (Å²) in [5.41, 5.74) is 5.66. The summed E-state index contributed by atoms with van der Waals surface area (Å²) >= 11 is 0. The molecule has 1 heterocycles. The average molecular weight is 357 g/mol. The van der Waals surface area contributed by atoms with Crippen molar-refractivity contribution in [3.8, 4) is 5.75 Å². The highest BCUT2D eigenvalue weighted by atomic mass is 16.5. The Balaban J connectivity index is 1.69. The second-order valence-electron chi connectivity index (χ2n) is 7.34. The van der Waals surface area contributed by atoms with Gasteiger partial charge in [0.05, 0.1) is 7.11 Å². The summed E-state index contributed by atoms with van der Waals surface area (Å²) in [6.45, 7) is 3.42. The minimum Gasteiger partial charge on any atom is -0.497 e. The van der Waals surface area contributed by atoms with E-state index in [0.29, 0.717) is 12.1 Å². The van der Waals surface area contributed by atoms with Crippen LogP contribution in [0.25, 0.3) is 0 Å². The molecular weight excluding hydrogens is 330 g/mol. The zero-order valence-electron chi connectivity index (χ0n) is 16.1. The highest BCUT2D eigenvalue weighted by Crippen LogP contribution is 2.38. The lowest BCUT2D eigenvalue weighted by molar-refractivity contribution is 0.132. The van der Waals surface area contributed by atoms with Gasteiger partial charge in [-0.15, -0.1) is 0 Å². The summed E-state index contributed by atoms with van der Waals surface area (Å²) in [5, 5.41) is 0. The van der Waals surface area contributed by atoms with Crippen molar-refractivity contribution in [2.24, 2.45) is 0 Å². The maximum Gasteiger partial charge on any atom is 0.119 e. The van der Waals surface area contributed by atoms with Crippen LogP contribution in [0.2, 0.25) is 0 Å². The van der Waals surface area contributed by atoms with Gasteiger partial charge in [0.1, 0.15) is 5.75 Å². The summed E-state index contributed by atoms with van der Waals surface area (Å²) in [6, 6.07) is 29.0. The first-order chi connectivity index (χ1) is 13.3. The molecule has 0 bridgehead atoms. The Morgan fingerprint density at radius 1 is 0.963 bits per heavy atom. The summed E-state index contributed by atoms with van der Waals surface area (Å²) < 4.78 is 5.44. The molecule has 4 rings (SSSR count). The third-order valence-corrected chi connectivity index (χ3v) is 5.80.